The van der Waals surface area contributed by atoms with Crippen LogP contribution in [-0.4, -0.2) is 33.9 Å². The smallest absolute Gasteiger partial charge is 0.408 e. The molecule has 22 heavy (non-hydrogen) atoms. The van der Waals surface area contributed by atoms with Crippen molar-refractivity contribution in [3.63, 3.8) is 0 Å². The number of carbonyl (C=O) groups excluding carboxylic acids is 1. The summed E-state index contributed by atoms with van der Waals surface area (Å²) >= 11 is 0. The molecule has 0 saturated heterocycles. The Balaban J connectivity index is 2.88. The van der Waals surface area contributed by atoms with Crippen LogP contribution in [0.1, 0.15) is 26.3 Å². The zero-order chi connectivity index (χ0) is 17.1. The second kappa shape index (κ2) is 6.59. The maximum Gasteiger partial charge on any atom is 0.408 e. The molecule has 1 aromatic carbocycles. The third-order valence-electron chi connectivity index (χ3n) is 2.53. The number of rotatable bonds is 4. The number of phenolic OH excluding ortho intramolecular Hbond substituents is 1. The lowest BCUT2D eigenvalue weighted by Crippen LogP contribution is -2.44. The van der Waals surface area contributed by atoms with Crippen LogP contribution < -0.4 is 5.32 Å². The summed E-state index contributed by atoms with van der Waals surface area (Å²) < 4.78 is 31.7. The van der Waals surface area contributed by atoms with Crippen LogP contribution >= 0.6 is 0 Å². The molecule has 0 aliphatic carbocycles. The van der Waals surface area contributed by atoms with Crippen molar-refractivity contribution in [2.24, 2.45) is 0 Å². The first-order valence-electron chi connectivity index (χ1n) is 6.39. The molecule has 0 saturated carbocycles. The van der Waals surface area contributed by atoms with Crippen molar-refractivity contribution >= 4 is 12.1 Å². The number of aliphatic carboxylic acids is 1. The summed E-state index contributed by atoms with van der Waals surface area (Å²) in [7, 11) is 0. The minimum absolute atomic E-state index is 0.293. The van der Waals surface area contributed by atoms with Gasteiger partial charge in [-0.05, 0) is 32.4 Å². The first kappa shape index (κ1) is 17.7. The number of phenols is 1. The summed E-state index contributed by atoms with van der Waals surface area (Å²) in [6.45, 7) is 4.78. The largest absolute Gasteiger partial charge is 0.505 e. The van der Waals surface area contributed by atoms with Crippen molar-refractivity contribution < 1.29 is 33.3 Å². The predicted octanol–water partition coefficient (Wildman–Crippen LogP) is 2.19. The molecule has 6 nitrogen and oxygen atoms in total. The molecule has 1 unspecified atom stereocenters. The molecule has 1 atom stereocenters. The lowest BCUT2D eigenvalue weighted by molar-refractivity contribution is -0.139. The minimum atomic E-state index is -1.51. The van der Waals surface area contributed by atoms with E-state index in [2.05, 4.69) is 5.32 Å². The molecule has 0 fully saturated rings. The van der Waals surface area contributed by atoms with Crippen LogP contribution in [0.2, 0.25) is 0 Å². The van der Waals surface area contributed by atoms with Crippen molar-refractivity contribution in [2.75, 3.05) is 0 Å². The van der Waals surface area contributed by atoms with E-state index in [1.54, 1.807) is 20.8 Å². The average molecular weight is 317 g/mol. The van der Waals surface area contributed by atoms with Crippen LogP contribution in [0.3, 0.4) is 0 Å². The summed E-state index contributed by atoms with van der Waals surface area (Å²) in [5.74, 6) is -4.37. The quantitative estimate of drug-likeness (QED) is 0.791. The van der Waals surface area contributed by atoms with Gasteiger partial charge in [0.2, 0.25) is 0 Å². The van der Waals surface area contributed by atoms with E-state index in [0.29, 0.717) is 12.1 Å². The summed E-state index contributed by atoms with van der Waals surface area (Å²) in [6.07, 6.45) is -1.49. The van der Waals surface area contributed by atoms with Crippen LogP contribution in [0.15, 0.2) is 12.1 Å². The number of hydrogen-bond donors (Lipinski definition) is 3. The lowest BCUT2D eigenvalue weighted by Gasteiger charge is -2.22. The Bertz CT molecular complexity index is 583. The molecule has 0 spiro atoms. The van der Waals surface area contributed by atoms with E-state index < -0.39 is 47.5 Å². The van der Waals surface area contributed by atoms with E-state index in [1.165, 1.54) is 0 Å². The zero-order valence-electron chi connectivity index (χ0n) is 12.3. The third kappa shape index (κ3) is 5.19. The number of amides is 1. The first-order valence-corrected chi connectivity index (χ1v) is 6.39. The van der Waals surface area contributed by atoms with E-state index in [4.69, 9.17) is 14.9 Å². The second-order valence-electron chi connectivity index (χ2n) is 5.64. The lowest BCUT2D eigenvalue weighted by atomic mass is 10.0. The molecule has 0 aromatic heterocycles. The van der Waals surface area contributed by atoms with Gasteiger partial charge in [0.15, 0.2) is 11.6 Å². The minimum Gasteiger partial charge on any atom is -0.505 e. The summed E-state index contributed by atoms with van der Waals surface area (Å²) in [5.41, 5.74) is -1.12. The van der Waals surface area contributed by atoms with Crippen LogP contribution in [0.5, 0.6) is 5.75 Å². The number of alkyl carbamates (subject to hydrolysis) is 1. The van der Waals surface area contributed by atoms with E-state index in [-0.39, 0.29) is 5.56 Å². The highest BCUT2D eigenvalue weighted by atomic mass is 19.1. The molecule has 1 rings (SSSR count). The average Bonchev–Trinajstić information content (AvgIpc) is 2.32. The van der Waals surface area contributed by atoms with Gasteiger partial charge in [0.25, 0.3) is 0 Å². The van der Waals surface area contributed by atoms with Gasteiger partial charge in [0.1, 0.15) is 17.5 Å². The molecule has 0 heterocycles. The molecule has 8 heteroatoms. The predicted molar refractivity (Wildman–Crippen MR) is 72.5 cm³/mol. The van der Waals surface area contributed by atoms with Crippen molar-refractivity contribution in [2.45, 2.75) is 38.8 Å². The number of benzene rings is 1. The van der Waals surface area contributed by atoms with Crippen molar-refractivity contribution in [1.29, 1.82) is 0 Å². The molecule has 0 bridgehead atoms. The molecular formula is C14H17F2NO5. The SMILES string of the molecule is CC(C)(C)OC(=O)NC(Cc1cc(F)c(O)cc1F)C(=O)O. The van der Waals surface area contributed by atoms with E-state index in [1.807, 2.05) is 0 Å². The van der Waals surface area contributed by atoms with Crippen molar-refractivity contribution in [1.82, 2.24) is 5.32 Å². The Morgan fingerprint density at radius 2 is 1.86 bits per heavy atom. The third-order valence-corrected chi connectivity index (χ3v) is 2.53. The molecule has 0 aliphatic heterocycles. The van der Waals surface area contributed by atoms with Gasteiger partial charge in [-0.25, -0.2) is 18.4 Å². The van der Waals surface area contributed by atoms with Gasteiger partial charge in [0.05, 0.1) is 0 Å². The maximum absolute atomic E-state index is 13.6. The fourth-order valence-electron chi connectivity index (χ4n) is 1.60. The Morgan fingerprint density at radius 1 is 1.27 bits per heavy atom. The topological polar surface area (TPSA) is 95.9 Å². The van der Waals surface area contributed by atoms with Crippen LogP contribution in [-0.2, 0) is 16.0 Å². The highest BCUT2D eigenvalue weighted by Crippen LogP contribution is 2.21. The number of hydrogen-bond acceptors (Lipinski definition) is 4. The van der Waals surface area contributed by atoms with Gasteiger partial charge in [-0.3, -0.25) is 0 Å². The second-order valence-corrected chi connectivity index (χ2v) is 5.64. The molecule has 0 aliphatic rings. The molecule has 1 aromatic rings. The monoisotopic (exact) mass is 317 g/mol. The molecule has 1 amide bonds. The van der Waals surface area contributed by atoms with Gasteiger partial charge < -0.3 is 20.3 Å². The maximum atomic E-state index is 13.6. The van der Waals surface area contributed by atoms with E-state index >= 15 is 0 Å². The highest BCUT2D eigenvalue weighted by Gasteiger charge is 2.25. The Kier molecular flexibility index (Phi) is 5.29. The number of ether oxygens (including phenoxy) is 1. The van der Waals surface area contributed by atoms with Gasteiger partial charge in [0, 0.05) is 12.5 Å². The van der Waals surface area contributed by atoms with Crippen molar-refractivity contribution in [3.05, 3.63) is 29.3 Å². The van der Waals surface area contributed by atoms with Gasteiger partial charge in [-0.15, -0.1) is 0 Å². The van der Waals surface area contributed by atoms with Crippen molar-refractivity contribution in [3.8, 4) is 5.75 Å². The molecule has 122 valence electrons. The number of halogens is 2. The fraction of sp³-hybridized carbons (Fsp3) is 0.429. The molecule has 0 radical (unpaired) electrons. The van der Waals surface area contributed by atoms with Gasteiger partial charge in [-0.2, -0.15) is 0 Å². The Hall–Kier alpha value is -2.38. The highest BCUT2D eigenvalue weighted by molar-refractivity contribution is 5.80. The van der Waals surface area contributed by atoms with E-state index in [9.17, 15) is 18.4 Å². The standard InChI is InChI=1S/C14H17F2NO5/c1-14(2,3)22-13(21)17-10(12(19)20)5-7-4-9(16)11(18)6-8(7)15/h4,6,10,18H,5H2,1-3H3,(H,17,21)(H,19,20). The van der Waals surface area contributed by atoms with Crippen LogP contribution in [0, 0.1) is 11.6 Å². The number of carboxylic acid groups (broad SMARTS) is 1. The Morgan fingerprint density at radius 3 is 2.36 bits per heavy atom. The van der Waals surface area contributed by atoms with Crippen LogP contribution in [0.4, 0.5) is 13.6 Å². The Labute approximate surface area is 125 Å². The number of aromatic hydroxyl groups is 1. The number of carboxylic acids is 1. The summed E-state index contributed by atoms with van der Waals surface area (Å²) in [4.78, 5) is 22.7. The summed E-state index contributed by atoms with van der Waals surface area (Å²) in [5, 5.41) is 20.2. The normalized spacial score (nSPS) is 12.6. The molecule has 3 N–H and O–H groups in total. The summed E-state index contributed by atoms with van der Waals surface area (Å²) in [6, 6.07) is -0.290. The number of carbonyl (C=O) groups is 2. The van der Waals surface area contributed by atoms with Gasteiger partial charge >= 0.3 is 12.1 Å². The fourth-order valence-corrected chi connectivity index (χ4v) is 1.60. The number of nitrogens with one attached hydrogen (secondary N) is 1. The van der Waals surface area contributed by atoms with Crippen LogP contribution in [0.25, 0.3) is 0 Å². The van der Waals surface area contributed by atoms with E-state index in [0.717, 1.165) is 0 Å². The zero-order valence-corrected chi connectivity index (χ0v) is 12.3. The van der Waals surface area contributed by atoms with Gasteiger partial charge in [-0.1, -0.05) is 0 Å². The first-order chi connectivity index (χ1) is 9.99. The molecular weight excluding hydrogens is 300 g/mol.